The Kier molecular flexibility index (Phi) is 6.70. The van der Waals surface area contributed by atoms with E-state index in [-0.39, 0.29) is 17.7 Å². The van der Waals surface area contributed by atoms with Crippen LogP contribution >= 0.6 is 0 Å². The van der Waals surface area contributed by atoms with Crippen LogP contribution in [0, 0.1) is 0 Å². The van der Waals surface area contributed by atoms with Crippen LogP contribution in [0.4, 0.5) is 5.69 Å². The van der Waals surface area contributed by atoms with Gasteiger partial charge in [-0.15, -0.1) is 0 Å². The van der Waals surface area contributed by atoms with E-state index in [9.17, 15) is 9.90 Å². The average Bonchev–Trinajstić information content (AvgIpc) is 3.43. The third-order valence-corrected chi connectivity index (χ3v) is 6.95. The van der Waals surface area contributed by atoms with Gasteiger partial charge in [-0.25, -0.2) is 4.79 Å². The normalized spacial score (nSPS) is 14.9. The van der Waals surface area contributed by atoms with Gasteiger partial charge >= 0.3 is 5.97 Å². The van der Waals surface area contributed by atoms with Gasteiger partial charge in [0.2, 0.25) is 0 Å². The minimum absolute atomic E-state index is 0.0564. The summed E-state index contributed by atoms with van der Waals surface area (Å²) in [4.78, 5) is 20.3. The molecule has 7 nitrogen and oxygen atoms in total. The number of hydrazone groups is 1. The molecule has 0 amide bonds. The number of carboxylic acids is 1. The number of rotatable bonds is 7. The molecule has 198 valence electrons. The number of ether oxygens (including phenoxy) is 1. The number of hydrogen-bond acceptors (Lipinski definition) is 6. The molecule has 6 rings (SSSR count). The molecule has 0 fully saturated rings. The van der Waals surface area contributed by atoms with E-state index in [0.717, 1.165) is 50.4 Å². The lowest BCUT2D eigenvalue weighted by atomic mass is 9.96. The van der Waals surface area contributed by atoms with Crippen molar-refractivity contribution < 1.29 is 14.6 Å². The summed E-state index contributed by atoms with van der Waals surface area (Å²) in [5.41, 5.74) is 7.99. The number of fused-ring (bicyclic) bond motifs is 1. The van der Waals surface area contributed by atoms with Crippen molar-refractivity contribution in [3.8, 4) is 16.9 Å². The van der Waals surface area contributed by atoms with Crippen molar-refractivity contribution in [3.05, 3.63) is 120 Å². The lowest BCUT2D eigenvalue weighted by Crippen LogP contribution is -2.18. The maximum absolute atomic E-state index is 11.4. The zero-order chi connectivity index (χ0) is 27.6. The van der Waals surface area contributed by atoms with E-state index in [1.54, 1.807) is 24.5 Å². The lowest BCUT2D eigenvalue weighted by Gasteiger charge is -2.24. The fourth-order valence-corrected chi connectivity index (χ4v) is 4.98. The van der Waals surface area contributed by atoms with Crippen LogP contribution in [-0.2, 0) is 0 Å². The molecule has 1 aliphatic heterocycles. The van der Waals surface area contributed by atoms with Gasteiger partial charge in [0.05, 0.1) is 40.1 Å². The van der Waals surface area contributed by atoms with Crippen LogP contribution in [0.15, 0.2) is 108 Å². The first kappa shape index (κ1) is 25.2. The molecule has 0 bridgehead atoms. The van der Waals surface area contributed by atoms with E-state index in [1.807, 2.05) is 61.3 Å². The second-order valence-electron chi connectivity index (χ2n) is 10.0. The molecule has 0 radical (unpaired) electrons. The predicted molar refractivity (Wildman–Crippen MR) is 157 cm³/mol. The van der Waals surface area contributed by atoms with E-state index < -0.39 is 5.97 Å². The molecular formula is C33H28N4O3. The first-order chi connectivity index (χ1) is 19.4. The van der Waals surface area contributed by atoms with E-state index >= 15 is 0 Å². The maximum Gasteiger partial charge on any atom is 0.335 e. The molecule has 0 saturated carbocycles. The van der Waals surface area contributed by atoms with Crippen molar-refractivity contribution >= 4 is 28.4 Å². The molecule has 1 N–H and O–H groups in total. The first-order valence-corrected chi connectivity index (χ1v) is 13.2. The Hall–Kier alpha value is -5.04. The van der Waals surface area contributed by atoms with Gasteiger partial charge in [0.25, 0.3) is 0 Å². The topological polar surface area (TPSA) is 87.9 Å². The Morgan fingerprint density at radius 1 is 0.825 bits per heavy atom. The summed E-state index contributed by atoms with van der Waals surface area (Å²) in [5.74, 6) is -0.0967. The SMILES string of the molecule is CC(C)Oc1ccc(-c2ccc(C3CC(c4ccc5nccnc5c4)=NN3c3ccc(C(=O)O)cc3)cc2)cc1. The number of carbonyl (C=O) groups is 1. The van der Waals surface area contributed by atoms with Gasteiger partial charge in [-0.05, 0) is 79.1 Å². The second-order valence-corrected chi connectivity index (χ2v) is 10.0. The van der Waals surface area contributed by atoms with Crippen molar-refractivity contribution in [3.63, 3.8) is 0 Å². The highest BCUT2D eigenvalue weighted by Gasteiger charge is 2.30. The van der Waals surface area contributed by atoms with Crippen LogP contribution in [-0.4, -0.2) is 32.9 Å². The van der Waals surface area contributed by atoms with Crippen LogP contribution in [0.1, 0.15) is 47.8 Å². The van der Waals surface area contributed by atoms with Gasteiger partial charge in [-0.2, -0.15) is 5.10 Å². The number of benzene rings is 4. The average molecular weight is 529 g/mol. The van der Waals surface area contributed by atoms with Crippen molar-refractivity contribution in [1.82, 2.24) is 9.97 Å². The quantitative estimate of drug-likeness (QED) is 0.242. The number of carboxylic acid groups (broad SMARTS) is 1. The molecule has 1 aromatic heterocycles. The molecule has 0 spiro atoms. The molecule has 1 atom stereocenters. The highest BCUT2D eigenvalue weighted by atomic mass is 16.5. The Morgan fingerprint density at radius 2 is 1.45 bits per heavy atom. The molecule has 4 aromatic carbocycles. The number of aromatic carboxylic acids is 1. The van der Waals surface area contributed by atoms with Crippen molar-refractivity contribution in [2.24, 2.45) is 5.10 Å². The zero-order valence-corrected chi connectivity index (χ0v) is 22.2. The largest absolute Gasteiger partial charge is 0.491 e. The summed E-state index contributed by atoms with van der Waals surface area (Å²) >= 11 is 0. The molecule has 0 aliphatic carbocycles. The molecule has 1 aliphatic rings. The number of nitrogens with zero attached hydrogens (tertiary/aromatic N) is 4. The van der Waals surface area contributed by atoms with Crippen molar-refractivity contribution in [2.45, 2.75) is 32.4 Å². The minimum atomic E-state index is -0.953. The maximum atomic E-state index is 11.4. The summed E-state index contributed by atoms with van der Waals surface area (Å²) < 4.78 is 5.78. The molecular weight excluding hydrogens is 500 g/mol. The van der Waals surface area contributed by atoms with E-state index in [2.05, 4.69) is 46.4 Å². The molecule has 5 aromatic rings. The van der Waals surface area contributed by atoms with E-state index in [1.165, 1.54) is 0 Å². The predicted octanol–water partition coefficient (Wildman–Crippen LogP) is 7.14. The summed E-state index contributed by atoms with van der Waals surface area (Å²) in [7, 11) is 0. The molecule has 0 saturated heterocycles. The monoisotopic (exact) mass is 528 g/mol. The zero-order valence-electron chi connectivity index (χ0n) is 22.2. The Bertz CT molecular complexity index is 1700. The van der Waals surface area contributed by atoms with Gasteiger partial charge in [0.15, 0.2) is 0 Å². The molecule has 2 heterocycles. The van der Waals surface area contributed by atoms with Crippen molar-refractivity contribution in [1.29, 1.82) is 0 Å². The van der Waals surface area contributed by atoms with Gasteiger partial charge in [0, 0.05) is 24.4 Å². The van der Waals surface area contributed by atoms with Crippen LogP contribution < -0.4 is 9.75 Å². The summed E-state index contributed by atoms with van der Waals surface area (Å²) in [6.07, 6.45) is 4.20. The standard InChI is InChI=1S/C33H28N4O3/c1-21(2)40-28-14-9-23(10-15-28)22-3-5-24(6-4-22)32-20-30(26-11-16-29-31(19-26)35-18-17-34-29)36-37(32)27-12-7-25(8-13-27)33(38)39/h3-19,21,32H,20H2,1-2H3,(H,38,39). The third kappa shape index (κ3) is 5.14. The second kappa shape index (κ2) is 10.6. The van der Waals surface area contributed by atoms with E-state index in [4.69, 9.17) is 9.84 Å². The minimum Gasteiger partial charge on any atom is -0.491 e. The van der Waals surface area contributed by atoms with Gasteiger partial charge in [-0.1, -0.05) is 42.5 Å². The molecule has 40 heavy (non-hydrogen) atoms. The van der Waals surface area contributed by atoms with Gasteiger partial charge < -0.3 is 9.84 Å². The number of anilines is 1. The summed E-state index contributed by atoms with van der Waals surface area (Å²) in [6, 6.07) is 29.5. The lowest BCUT2D eigenvalue weighted by molar-refractivity contribution is 0.0697. The van der Waals surface area contributed by atoms with Crippen molar-refractivity contribution in [2.75, 3.05) is 5.01 Å². The van der Waals surface area contributed by atoms with E-state index in [0.29, 0.717) is 6.42 Å². The summed E-state index contributed by atoms with van der Waals surface area (Å²) in [6.45, 7) is 4.03. The third-order valence-electron chi connectivity index (χ3n) is 6.95. The highest BCUT2D eigenvalue weighted by molar-refractivity contribution is 6.05. The first-order valence-electron chi connectivity index (χ1n) is 13.2. The smallest absolute Gasteiger partial charge is 0.335 e. The van der Waals surface area contributed by atoms with Gasteiger partial charge in [0.1, 0.15) is 5.75 Å². The Balaban J connectivity index is 1.32. The van der Waals surface area contributed by atoms with Crippen LogP contribution in [0.2, 0.25) is 0 Å². The van der Waals surface area contributed by atoms with Gasteiger partial charge in [-0.3, -0.25) is 15.0 Å². The summed E-state index contributed by atoms with van der Waals surface area (Å²) in [5, 5.41) is 16.4. The number of aromatic nitrogens is 2. The highest BCUT2D eigenvalue weighted by Crippen LogP contribution is 2.38. The van der Waals surface area contributed by atoms with Crippen LogP contribution in [0.5, 0.6) is 5.75 Å². The molecule has 1 unspecified atom stereocenters. The fourth-order valence-electron chi connectivity index (χ4n) is 4.98. The Labute approximate surface area is 232 Å². The van der Waals surface area contributed by atoms with Crippen LogP contribution in [0.3, 0.4) is 0 Å². The fraction of sp³-hybridized carbons (Fsp3) is 0.152. The number of hydrogen-bond donors (Lipinski definition) is 1. The molecule has 7 heteroatoms. The Morgan fingerprint density at radius 3 is 2.10 bits per heavy atom. The van der Waals surface area contributed by atoms with Crippen LogP contribution in [0.25, 0.3) is 22.2 Å².